The molecule has 22 heavy (non-hydrogen) atoms. The van der Waals surface area contributed by atoms with E-state index in [1.54, 1.807) is 0 Å². The van der Waals surface area contributed by atoms with Crippen molar-refractivity contribution in [1.29, 1.82) is 0 Å². The largest absolute Gasteiger partial charge is 0.365 e. The lowest BCUT2D eigenvalue weighted by Crippen LogP contribution is -2.57. The average Bonchev–Trinajstić information content (AvgIpc) is 3.12. The smallest absolute Gasteiger partial charge is 0.155 e. The highest BCUT2D eigenvalue weighted by Gasteiger charge is 2.79. The van der Waals surface area contributed by atoms with Crippen LogP contribution in [0.15, 0.2) is 11.6 Å². The van der Waals surface area contributed by atoms with Crippen LogP contribution < -0.4 is 0 Å². The third-order valence-electron chi connectivity index (χ3n) is 8.04. The normalized spacial score (nSPS) is 55.7. The van der Waals surface area contributed by atoms with Crippen molar-refractivity contribution in [2.75, 3.05) is 0 Å². The summed E-state index contributed by atoms with van der Waals surface area (Å²) < 4.78 is 6.42. The van der Waals surface area contributed by atoms with Gasteiger partial charge in [-0.3, -0.25) is 9.59 Å². The third-order valence-corrected chi connectivity index (χ3v) is 8.04. The number of rotatable bonds is 0. The maximum absolute atomic E-state index is 12.5. The number of hydrogen-bond acceptors (Lipinski definition) is 3. The van der Waals surface area contributed by atoms with Crippen LogP contribution in [0.3, 0.4) is 0 Å². The standard InChI is InChI=1S/C19H24O3/c1-17-10-16-19(22-16)14(13(17)5-6-15(17)21)4-3-11-9-12(20)7-8-18(11,19)2/h9,13-14,16H,3-8,10H2,1-2H3/t13-,14-,16?,17-,18-,19-/m0/s1. The minimum absolute atomic E-state index is 0.0292. The maximum atomic E-state index is 12.5. The molecular weight excluding hydrogens is 276 g/mol. The fourth-order valence-corrected chi connectivity index (χ4v) is 6.79. The monoisotopic (exact) mass is 300 g/mol. The first-order valence-electron chi connectivity index (χ1n) is 8.87. The Bertz CT molecular complexity index is 635. The Morgan fingerprint density at radius 3 is 2.68 bits per heavy atom. The lowest BCUT2D eigenvalue weighted by molar-refractivity contribution is -0.130. The van der Waals surface area contributed by atoms with Gasteiger partial charge in [-0.15, -0.1) is 0 Å². The number of ketones is 2. The lowest BCUT2D eigenvalue weighted by atomic mass is 9.47. The lowest BCUT2D eigenvalue weighted by Gasteiger charge is -2.54. The van der Waals surface area contributed by atoms with E-state index < -0.39 is 0 Å². The highest BCUT2D eigenvalue weighted by atomic mass is 16.6. The van der Waals surface area contributed by atoms with Gasteiger partial charge in [0.1, 0.15) is 11.4 Å². The molecule has 1 spiro atoms. The van der Waals surface area contributed by atoms with Crippen molar-refractivity contribution in [3.8, 4) is 0 Å². The minimum Gasteiger partial charge on any atom is -0.365 e. The second-order valence-electron chi connectivity index (χ2n) is 8.70. The molecule has 5 rings (SSSR count). The number of hydrogen-bond donors (Lipinski definition) is 0. The number of ether oxygens (including phenoxy) is 1. The highest BCUT2D eigenvalue weighted by Crippen LogP contribution is 2.74. The zero-order chi connectivity index (χ0) is 15.3. The summed E-state index contributed by atoms with van der Waals surface area (Å²) in [5.41, 5.74) is 1.15. The van der Waals surface area contributed by atoms with Gasteiger partial charge in [-0.2, -0.15) is 0 Å². The quantitative estimate of drug-likeness (QED) is 0.645. The minimum atomic E-state index is -0.141. The van der Waals surface area contributed by atoms with E-state index in [0.717, 1.165) is 38.5 Å². The van der Waals surface area contributed by atoms with Gasteiger partial charge in [0.15, 0.2) is 5.78 Å². The number of carbonyl (C=O) groups is 2. The third kappa shape index (κ3) is 1.26. The molecule has 118 valence electrons. The SMILES string of the molecule is C[C@]12CCC(=O)C=C1CC[C@H]1[C@@H]3CCC(=O)[C@@]3(C)CC3O[C@]312. The predicted octanol–water partition coefficient (Wildman–Crippen LogP) is 3.22. The highest BCUT2D eigenvalue weighted by molar-refractivity contribution is 5.92. The van der Waals surface area contributed by atoms with Crippen LogP contribution in [-0.4, -0.2) is 23.3 Å². The second kappa shape index (κ2) is 3.75. The van der Waals surface area contributed by atoms with Gasteiger partial charge in [-0.25, -0.2) is 0 Å². The zero-order valence-electron chi connectivity index (χ0n) is 13.5. The van der Waals surface area contributed by atoms with Crippen molar-refractivity contribution >= 4 is 11.6 Å². The van der Waals surface area contributed by atoms with Crippen molar-refractivity contribution in [3.05, 3.63) is 11.6 Å². The van der Waals surface area contributed by atoms with Gasteiger partial charge >= 0.3 is 0 Å². The molecule has 0 radical (unpaired) electrons. The molecule has 0 bridgehead atoms. The first-order chi connectivity index (χ1) is 10.4. The van der Waals surface area contributed by atoms with Gasteiger partial charge in [0.25, 0.3) is 0 Å². The molecule has 0 aromatic heterocycles. The van der Waals surface area contributed by atoms with Crippen LogP contribution in [0.25, 0.3) is 0 Å². The number of Topliss-reactive ketones (excluding diaryl/α,β-unsaturated/α-hetero) is 1. The summed E-state index contributed by atoms with van der Waals surface area (Å²) in [7, 11) is 0. The van der Waals surface area contributed by atoms with Gasteiger partial charge in [0.05, 0.1) is 6.10 Å². The molecule has 4 fully saturated rings. The molecule has 1 saturated heterocycles. The molecule has 1 aliphatic heterocycles. The number of epoxide rings is 1. The van der Waals surface area contributed by atoms with Gasteiger partial charge < -0.3 is 4.74 Å². The molecule has 5 aliphatic rings. The van der Waals surface area contributed by atoms with Gasteiger partial charge in [-0.05, 0) is 50.0 Å². The summed E-state index contributed by atoms with van der Waals surface area (Å²) in [5, 5.41) is 0. The summed E-state index contributed by atoms with van der Waals surface area (Å²) in [6, 6.07) is 0. The Kier molecular flexibility index (Phi) is 2.29. The number of carbonyl (C=O) groups excluding carboxylic acids is 2. The van der Waals surface area contributed by atoms with Gasteiger partial charge in [0.2, 0.25) is 0 Å². The van der Waals surface area contributed by atoms with Crippen LogP contribution in [0.4, 0.5) is 0 Å². The first-order valence-corrected chi connectivity index (χ1v) is 8.87. The van der Waals surface area contributed by atoms with E-state index in [1.807, 2.05) is 6.08 Å². The molecule has 1 unspecified atom stereocenters. The first kappa shape index (κ1) is 13.5. The Morgan fingerprint density at radius 2 is 1.86 bits per heavy atom. The van der Waals surface area contributed by atoms with E-state index in [4.69, 9.17) is 4.74 Å². The Hall–Kier alpha value is -0.960. The summed E-state index contributed by atoms with van der Waals surface area (Å²) in [5.74, 6) is 1.76. The fourth-order valence-electron chi connectivity index (χ4n) is 6.79. The molecule has 0 N–H and O–H groups in total. The van der Waals surface area contributed by atoms with Gasteiger partial charge in [0, 0.05) is 23.7 Å². The second-order valence-corrected chi connectivity index (χ2v) is 8.70. The molecular formula is C19H24O3. The Balaban J connectivity index is 1.61. The molecule has 1 heterocycles. The summed E-state index contributed by atoms with van der Waals surface area (Å²) in [6.45, 7) is 4.52. The molecule has 0 amide bonds. The summed E-state index contributed by atoms with van der Waals surface area (Å²) in [4.78, 5) is 24.3. The molecule has 3 heteroatoms. The van der Waals surface area contributed by atoms with Gasteiger partial charge in [-0.1, -0.05) is 19.4 Å². The predicted molar refractivity (Wildman–Crippen MR) is 81.2 cm³/mol. The Morgan fingerprint density at radius 1 is 1.09 bits per heavy atom. The average molecular weight is 300 g/mol. The summed E-state index contributed by atoms with van der Waals surface area (Å²) >= 11 is 0. The van der Waals surface area contributed by atoms with Crippen molar-refractivity contribution in [3.63, 3.8) is 0 Å². The van der Waals surface area contributed by atoms with Crippen molar-refractivity contribution in [2.24, 2.45) is 22.7 Å². The van der Waals surface area contributed by atoms with Crippen LogP contribution in [0.2, 0.25) is 0 Å². The van der Waals surface area contributed by atoms with Crippen molar-refractivity contribution in [1.82, 2.24) is 0 Å². The molecule has 6 atom stereocenters. The van der Waals surface area contributed by atoms with E-state index >= 15 is 0 Å². The van der Waals surface area contributed by atoms with Crippen LogP contribution in [0, 0.1) is 22.7 Å². The van der Waals surface area contributed by atoms with Crippen molar-refractivity contribution < 1.29 is 14.3 Å². The molecule has 0 aromatic rings. The maximum Gasteiger partial charge on any atom is 0.155 e. The number of fused-ring (bicyclic) bond motifs is 3. The van der Waals surface area contributed by atoms with E-state index in [2.05, 4.69) is 13.8 Å². The van der Waals surface area contributed by atoms with E-state index in [0.29, 0.717) is 24.0 Å². The zero-order valence-corrected chi connectivity index (χ0v) is 13.5. The van der Waals surface area contributed by atoms with Crippen LogP contribution in [0.1, 0.15) is 58.8 Å². The summed E-state index contributed by atoms with van der Waals surface area (Å²) in [6.07, 6.45) is 8.58. The molecule has 0 aromatic carbocycles. The van der Waals surface area contributed by atoms with Crippen LogP contribution >= 0.6 is 0 Å². The van der Waals surface area contributed by atoms with E-state index in [-0.39, 0.29) is 28.3 Å². The molecule has 3 saturated carbocycles. The van der Waals surface area contributed by atoms with Crippen LogP contribution in [-0.2, 0) is 14.3 Å². The Labute approximate surface area is 131 Å². The molecule has 3 nitrogen and oxygen atoms in total. The van der Waals surface area contributed by atoms with E-state index in [9.17, 15) is 9.59 Å². The van der Waals surface area contributed by atoms with E-state index in [1.165, 1.54) is 5.57 Å². The molecule has 4 aliphatic carbocycles. The van der Waals surface area contributed by atoms with Crippen molar-refractivity contribution in [2.45, 2.75) is 70.5 Å². The fraction of sp³-hybridized carbons (Fsp3) is 0.789. The topological polar surface area (TPSA) is 46.7 Å². The van der Waals surface area contributed by atoms with Crippen LogP contribution in [0.5, 0.6) is 0 Å².